The first kappa shape index (κ1) is 11.8. The van der Waals surface area contributed by atoms with Gasteiger partial charge >= 0.3 is 0 Å². The summed E-state index contributed by atoms with van der Waals surface area (Å²) in [6, 6.07) is -0.572. The van der Waals surface area contributed by atoms with Crippen molar-refractivity contribution in [2.24, 2.45) is 0 Å². The van der Waals surface area contributed by atoms with Crippen LogP contribution in [0.3, 0.4) is 0 Å². The van der Waals surface area contributed by atoms with Gasteiger partial charge in [0.05, 0.1) is 6.42 Å². The van der Waals surface area contributed by atoms with Gasteiger partial charge in [0.2, 0.25) is 5.91 Å². The van der Waals surface area contributed by atoms with Gasteiger partial charge in [0.1, 0.15) is 23.3 Å². The highest BCUT2D eigenvalue weighted by atomic mass is 35.5. The molecule has 1 N–H and O–H groups in total. The number of anilines is 1. The van der Waals surface area contributed by atoms with Crippen LogP contribution in [-0.4, -0.2) is 39.8 Å². The Morgan fingerprint density at radius 3 is 2.76 bits per heavy atom. The predicted molar refractivity (Wildman–Crippen MR) is 61.6 cm³/mol. The number of hydrogen-bond donors (Lipinski definition) is 1. The van der Waals surface area contributed by atoms with E-state index in [1.165, 1.54) is 13.4 Å². The molecule has 0 spiro atoms. The fourth-order valence-corrected chi connectivity index (χ4v) is 1.74. The maximum atomic E-state index is 11.7. The van der Waals surface area contributed by atoms with Crippen molar-refractivity contribution in [1.29, 1.82) is 0 Å². The van der Waals surface area contributed by atoms with Gasteiger partial charge in [0.15, 0.2) is 0 Å². The lowest BCUT2D eigenvalue weighted by Crippen LogP contribution is -2.32. The van der Waals surface area contributed by atoms with Crippen molar-refractivity contribution in [1.82, 2.24) is 14.9 Å². The second-order valence-corrected chi connectivity index (χ2v) is 4.19. The molecule has 2 rings (SSSR count). The van der Waals surface area contributed by atoms with Crippen molar-refractivity contribution in [2.45, 2.75) is 19.4 Å². The minimum Gasteiger partial charge on any atom is -0.358 e. The minimum atomic E-state index is -0.572. The van der Waals surface area contributed by atoms with Gasteiger partial charge < -0.3 is 5.32 Å². The molecule has 1 aliphatic heterocycles. The van der Waals surface area contributed by atoms with Crippen LogP contribution < -0.4 is 5.32 Å². The summed E-state index contributed by atoms with van der Waals surface area (Å²) in [6.07, 6.45) is 1.44. The fraction of sp³-hybridized carbons (Fsp3) is 0.400. The summed E-state index contributed by atoms with van der Waals surface area (Å²) in [7, 11) is 1.46. The third-order valence-electron chi connectivity index (χ3n) is 2.72. The number of likely N-dealkylation sites (N-methyl/N-ethyl adjacent to an activating group) is 1. The van der Waals surface area contributed by atoms with E-state index in [1.807, 2.05) is 0 Å². The molecule has 1 aliphatic rings. The second-order valence-electron chi connectivity index (χ2n) is 3.83. The van der Waals surface area contributed by atoms with E-state index >= 15 is 0 Å². The Morgan fingerprint density at radius 2 is 2.18 bits per heavy atom. The molecule has 2 amide bonds. The maximum absolute atomic E-state index is 11.7. The zero-order valence-corrected chi connectivity index (χ0v) is 10.2. The van der Waals surface area contributed by atoms with E-state index < -0.39 is 6.04 Å². The number of amides is 2. The smallest absolute Gasteiger partial charge is 0.251 e. The van der Waals surface area contributed by atoms with Crippen molar-refractivity contribution in [3.05, 3.63) is 17.0 Å². The molecule has 1 atom stereocenters. The molecule has 0 aromatic carbocycles. The molecule has 0 radical (unpaired) electrons. The average molecular weight is 255 g/mol. The number of nitrogens with zero attached hydrogens (tertiary/aromatic N) is 3. The highest BCUT2D eigenvalue weighted by Gasteiger charge is 2.36. The van der Waals surface area contributed by atoms with Crippen LogP contribution in [0.2, 0.25) is 5.15 Å². The number of likely N-dealkylation sites (tertiary alicyclic amines) is 1. The van der Waals surface area contributed by atoms with Crippen LogP contribution in [0.5, 0.6) is 0 Å². The van der Waals surface area contributed by atoms with Gasteiger partial charge in [-0.2, -0.15) is 0 Å². The van der Waals surface area contributed by atoms with E-state index in [0.717, 1.165) is 4.90 Å². The summed E-state index contributed by atoms with van der Waals surface area (Å²) >= 11 is 5.84. The van der Waals surface area contributed by atoms with Gasteiger partial charge in [0.25, 0.3) is 5.91 Å². The van der Waals surface area contributed by atoms with Gasteiger partial charge in [-0.1, -0.05) is 11.6 Å². The molecule has 1 fully saturated rings. The van der Waals surface area contributed by atoms with E-state index in [4.69, 9.17) is 11.6 Å². The van der Waals surface area contributed by atoms with E-state index in [2.05, 4.69) is 15.3 Å². The first-order chi connectivity index (χ1) is 8.00. The van der Waals surface area contributed by atoms with E-state index in [0.29, 0.717) is 16.5 Å². The van der Waals surface area contributed by atoms with Crippen LogP contribution in [0.15, 0.2) is 6.33 Å². The van der Waals surface area contributed by atoms with Crippen LogP contribution in [0.4, 0.5) is 5.82 Å². The second kappa shape index (κ2) is 4.29. The topological polar surface area (TPSA) is 75.2 Å². The first-order valence-corrected chi connectivity index (χ1v) is 5.42. The summed E-state index contributed by atoms with van der Waals surface area (Å²) < 4.78 is 0. The van der Waals surface area contributed by atoms with Gasteiger partial charge in [0, 0.05) is 12.6 Å². The summed E-state index contributed by atoms with van der Waals surface area (Å²) in [5, 5.41) is 3.24. The summed E-state index contributed by atoms with van der Waals surface area (Å²) in [5.41, 5.74) is 0.656. The zero-order chi connectivity index (χ0) is 12.6. The lowest BCUT2D eigenvalue weighted by molar-refractivity contribution is -0.136. The number of hydrogen-bond acceptors (Lipinski definition) is 5. The molecule has 1 aromatic heterocycles. The summed E-state index contributed by atoms with van der Waals surface area (Å²) in [4.78, 5) is 31.9. The molecule has 1 aromatic rings. The van der Waals surface area contributed by atoms with E-state index in [-0.39, 0.29) is 18.2 Å². The Kier molecular flexibility index (Phi) is 2.97. The highest BCUT2D eigenvalue weighted by Crippen LogP contribution is 2.21. The van der Waals surface area contributed by atoms with Gasteiger partial charge in [-0.3, -0.25) is 14.5 Å². The first-order valence-electron chi connectivity index (χ1n) is 5.04. The molecular formula is C10H11ClN4O2. The zero-order valence-electron chi connectivity index (χ0n) is 9.40. The number of halogens is 1. The molecule has 0 saturated carbocycles. The number of carbonyl (C=O) groups excluding carboxylic acids is 2. The number of rotatable bonds is 2. The molecule has 1 saturated heterocycles. The Balaban J connectivity index is 2.20. The molecule has 1 unspecified atom stereocenters. The third-order valence-corrected chi connectivity index (χ3v) is 3.10. The van der Waals surface area contributed by atoms with Crippen molar-refractivity contribution in [3.8, 4) is 0 Å². The quantitative estimate of drug-likeness (QED) is 0.618. The van der Waals surface area contributed by atoms with Crippen molar-refractivity contribution in [3.63, 3.8) is 0 Å². The maximum Gasteiger partial charge on any atom is 0.251 e. The minimum absolute atomic E-state index is 0.135. The third kappa shape index (κ3) is 2.08. The lowest BCUT2D eigenvalue weighted by Gasteiger charge is -2.13. The van der Waals surface area contributed by atoms with Crippen molar-refractivity contribution < 1.29 is 9.59 Å². The Labute approximate surface area is 103 Å². The number of nitrogens with one attached hydrogen (secondary N) is 1. The Morgan fingerprint density at radius 1 is 1.47 bits per heavy atom. The fourth-order valence-electron chi connectivity index (χ4n) is 1.61. The number of imide groups is 1. The molecular weight excluding hydrogens is 244 g/mol. The van der Waals surface area contributed by atoms with Crippen LogP contribution >= 0.6 is 11.6 Å². The average Bonchev–Trinajstić information content (AvgIpc) is 2.53. The predicted octanol–water partition coefficient (Wildman–Crippen LogP) is 0.608. The van der Waals surface area contributed by atoms with Crippen LogP contribution in [0.1, 0.15) is 12.0 Å². The van der Waals surface area contributed by atoms with E-state index in [1.54, 1.807) is 6.92 Å². The molecule has 90 valence electrons. The van der Waals surface area contributed by atoms with E-state index in [9.17, 15) is 9.59 Å². The van der Waals surface area contributed by atoms with Gasteiger partial charge in [-0.05, 0) is 6.92 Å². The molecule has 6 nitrogen and oxygen atoms in total. The standard InChI is InChI=1S/C10H11ClN4O2/c1-5-8(11)12-4-13-9(5)14-6-3-7(16)15(2)10(6)17/h4,6H,3H2,1-2H3,(H,12,13,14). The normalized spacial score (nSPS) is 19.9. The van der Waals surface area contributed by atoms with Crippen molar-refractivity contribution >= 4 is 29.2 Å². The lowest BCUT2D eigenvalue weighted by atomic mass is 10.2. The summed E-state index contributed by atoms with van der Waals surface area (Å²) in [6.45, 7) is 1.75. The van der Waals surface area contributed by atoms with Crippen molar-refractivity contribution in [2.75, 3.05) is 12.4 Å². The number of carbonyl (C=O) groups is 2. The Bertz CT molecular complexity index is 491. The summed E-state index contributed by atoms with van der Waals surface area (Å²) in [5.74, 6) is 0.0147. The molecule has 0 bridgehead atoms. The van der Waals surface area contributed by atoms with Crippen LogP contribution in [0.25, 0.3) is 0 Å². The SMILES string of the molecule is Cc1c(Cl)ncnc1NC1CC(=O)N(C)C1=O. The molecule has 7 heteroatoms. The largest absolute Gasteiger partial charge is 0.358 e. The Hall–Kier alpha value is -1.69. The highest BCUT2D eigenvalue weighted by molar-refractivity contribution is 6.30. The monoisotopic (exact) mass is 254 g/mol. The van der Waals surface area contributed by atoms with Gasteiger partial charge in [-0.25, -0.2) is 9.97 Å². The molecule has 0 aliphatic carbocycles. The van der Waals surface area contributed by atoms with Gasteiger partial charge in [-0.15, -0.1) is 0 Å². The van der Waals surface area contributed by atoms with Crippen LogP contribution in [-0.2, 0) is 9.59 Å². The molecule has 2 heterocycles. The number of aromatic nitrogens is 2. The van der Waals surface area contributed by atoms with Crippen LogP contribution in [0, 0.1) is 6.92 Å². The molecule has 17 heavy (non-hydrogen) atoms.